The predicted molar refractivity (Wildman–Crippen MR) is 49.4 cm³/mol. The van der Waals surface area contributed by atoms with E-state index in [9.17, 15) is 0 Å². The summed E-state index contributed by atoms with van der Waals surface area (Å²) in [4.78, 5) is 0. The molecule has 0 aliphatic heterocycles. The fraction of sp³-hybridized carbons (Fsp3) is 0.600. The lowest BCUT2D eigenvalue weighted by molar-refractivity contribution is 0.292. The van der Waals surface area contributed by atoms with E-state index in [0.717, 1.165) is 18.6 Å². The minimum absolute atomic E-state index is 0.985. The molecule has 0 spiro atoms. The normalized spacial score (nSPS) is 13.5. The van der Waals surface area contributed by atoms with E-state index in [2.05, 4.69) is 26.0 Å². The molecule has 0 saturated heterocycles. The number of hydrogen-bond donors (Lipinski definition) is 0. The Kier molecular flexibility index (Phi) is 5.63. The highest BCUT2D eigenvalue weighted by molar-refractivity contribution is 5.02. The van der Waals surface area contributed by atoms with Crippen molar-refractivity contribution in [2.45, 2.75) is 33.6 Å². The van der Waals surface area contributed by atoms with Crippen LogP contribution in [0, 0.1) is 0 Å². The van der Waals surface area contributed by atoms with Gasteiger partial charge in [-0.2, -0.15) is 0 Å². The summed E-state index contributed by atoms with van der Waals surface area (Å²) in [6, 6.07) is 0. The van der Waals surface area contributed by atoms with Gasteiger partial charge in [-0.05, 0) is 32.8 Å². The fourth-order valence-electron chi connectivity index (χ4n) is 0.654. The van der Waals surface area contributed by atoms with Crippen molar-refractivity contribution in [2.24, 2.45) is 0 Å². The van der Waals surface area contributed by atoms with E-state index < -0.39 is 0 Å². The lowest BCUT2D eigenvalue weighted by Crippen LogP contribution is -1.78. The topological polar surface area (TPSA) is 9.23 Å². The first kappa shape index (κ1) is 10.3. The molecule has 0 atom stereocenters. The van der Waals surface area contributed by atoms with E-state index in [1.165, 1.54) is 5.57 Å². The molecule has 0 aromatic rings. The van der Waals surface area contributed by atoms with Gasteiger partial charge in [0.25, 0.3) is 0 Å². The molecular formula is C10H18O. The summed E-state index contributed by atoms with van der Waals surface area (Å²) in [5, 5.41) is 0. The molecule has 0 fully saturated rings. The second kappa shape index (κ2) is 6.02. The molecule has 0 saturated carbocycles. The number of rotatable bonds is 4. The van der Waals surface area contributed by atoms with Gasteiger partial charge in [0, 0.05) is 0 Å². The Balaban J connectivity index is 3.71. The Morgan fingerprint density at radius 2 is 1.91 bits per heavy atom. The van der Waals surface area contributed by atoms with Crippen LogP contribution in [0.5, 0.6) is 0 Å². The van der Waals surface area contributed by atoms with Gasteiger partial charge in [-0.15, -0.1) is 0 Å². The second-order valence-corrected chi connectivity index (χ2v) is 2.66. The maximum absolute atomic E-state index is 5.00. The van der Waals surface area contributed by atoms with Crippen LogP contribution in [0.25, 0.3) is 0 Å². The zero-order chi connectivity index (χ0) is 8.69. The first-order chi connectivity index (χ1) is 5.20. The van der Waals surface area contributed by atoms with Crippen molar-refractivity contribution in [3.63, 3.8) is 0 Å². The second-order valence-electron chi connectivity index (χ2n) is 2.66. The van der Waals surface area contributed by atoms with E-state index in [4.69, 9.17) is 4.74 Å². The summed E-state index contributed by atoms with van der Waals surface area (Å²) in [6.45, 7) is 6.28. The van der Waals surface area contributed by atoms with E-state index in [-0.39, 0.29) is 0 Å². The minimum atomic E-state index is 0.985. The smallest absolute Gasteiger partial charge is 0.0887 e. The van der Waals surface area contributed by atoms with Gasteiger partial charge in [0.1, 0.15) is 0 Å². The molecule has 1 heteroatoms. The molecule has 0 aliphatic carbocycles. The SMILES string of the molecule is CC/C(C)=C\C/C=C(\C)OC. The van der Waals surface area contributed by atoms with Crippen LogP contribution in [0.4, 0.5) is 0 Å². The lowest BCUT2D eigenvalue weighted by atomic mass is 10.2. The van der Waals surface area contributed by atoms with Crippen molar-refractivity contribution < 1.29 is 4.74 Å². The molecule has 0 radical (unpaired) electrons. The van der Waals surface area contributed by atoms with Crippen LogP contribution in [0.1, 0.15) is 33.6 Å². The number of ether oxygens (including phenoxy) is 1. The van der Waals surface area contributed by atoms with Gasteiger partial charge in [0.2, 0.25) is 0 Å². The largest absolute Gasteiger partial charge is 0.502 e. The molecular weight excluding hydrogens is 136 g/mol. The molecule has 0 rings (SSSR count). The van der Waals surface area contributed by atoms with E-state index >= 15 is 0 Å². The summed E-state index contributed by atoms with van der Waals surface area (Å²) in [7, 11) is 1.70. The summed E-state index contributed by atoms with van der Waals surface area (Å²) in [6.07, 6.45) is 6.43. The lowest BCUT2D eigenvalue weighted by Gasteiger charge is -1.96. The summed E-state index contributed by atoms with van der Waals surface area (Å²) < 4.78 is 5.00. The van der Waals surface area contributed by atoms with Crippen LogP contribution >= 0.6 is 0 Å². The molecule has 0 aromatic carbocycles. The van der Waals surface area contributed by atoms with Gasteiger partial charge in [-0.1, -0.05) is 18.6 Å². The quantitative estimate of drug-likeness (QED) is 0.446. The van der Waals surface area contributed by atoms with Crippen molar-refractivity contribution in [1.29, 1.82) is 0 Å². The number of allylic oxidation sites excluding steroid dienone is 4. The standard InChI is InChI=1S/C10H18O/c1-5-9(2)7-6-8-10(3)11-4/h7-8H,5-6H2,1-4H3/b9-7-,10-8+. The first-order valence-electron chi connectivity index (χ1n) is 4.07. The molecule has 0 aromatic heterocycles. The third-order valence-corrected chi connectivity index (χ3v) is 1.75. The van der Waals surface area contributed by atoms with Gasteiger partial charge in [-0.3, -0.25) is 0 Å². The highest BCUT2D eigenvalue weighted by Gasteiger charge is 1.83. The Bertz CT molecular complexity index is 136. The first-order valence-corrected chi connectivity index (χ1v) is 4.07. The van der Waals surface area contributed by atoms with E-state index in [0.29, 0.717) is 0 Å². The molecule has 64 valence electrons. The zero-order valence-electron chi connectivity index (χ0n) is 7.98. The summed E-state index contributed by atoms with van der Waals surface area (Å²) in [5.74, 6) is 0.991. The van der Waals surface area contributed by atoms with Crippen LogP contribution in [0.15, 0.2) is 23.5 Å². The average molecular weight is 154 g/mol. The molecule has 0 unspecified atom stereocenters. The van der Waals surface area contributed by atoms with Crippen molar-refractivity contribution in [2.75, 3.05) is 7.11 Å². The van der Waals surface area contributed by atoms with Crippen LogP contribution < -0.4 is 0 Å². The Morgan fingerprint density at radius 1 is 1.27 bits per heavy atom. The maximum Gasteiger partial charge on any atom is 0.0887 e. The fourth-order valence-corrected chi connectivity index (χ4v) is 0.654. The molecule has 0 aliphatic rings. The van der Waals surface area contributed by atoms with Crippen LogP contribution in [0.2, 0.25) is 0 Å². The van der Waals surface area contributed by atoms with Gasteiger partial charge >= 0.3 is 0 Å². The van der Waals surface area contributed by atoms with Crippen LogP contribution in [-0.2, 0) is 4.74 Å². The molecule has 0 N–H and O–H groups in total. The van der Waals surface area contributed by atoms with Gasteiger partial charge in [0.15, 0.2) is 0 Å². The molecule has 0 heterocycles. The molecule has 0 amide bonds. The van der Waals surface area contributed by atoms with Crippen LogP contribution in [0.3, 0.4) is 0 Å². The maximum atomic E-state index is 5.00. The molecule has 0 bridgehead atoms. The van der Waals surface area contributed by atoms with Crippen molar-refractivity contribution in [1.82, 2.24) is 0 Å². The Hall–Kier alpha value is -0.720. The Morgan fingerprint density at radius 3 is 2.36 bits per heavy atom. The van der Waals surface area contributed by atoms with Crippen molar-refractivity contribution >= 4 is 0 Å². The number of hydrogen-bond acceptors (Lipinski definition) is 1. The predicted octanol–water partition coefficient (Wildman–Crippen LogP) is 3.28. The van der Waals surface area contributed by atoms with Gasteiger partial charge in [-0.25, -0.2) is 0 Å². The van der Waals surface area contributed by atoms with Gasteiger partial charge in [0.05, 0.1) is 12.9 Å². The monoisotopic (exact) mass is 154 g/mol. The molecule has 11 heavy (non-hydrogen) atoms. The summed E-state index contributed by atoms with van der Waals surface area (Å²) >= 11 is 0. The minimum Gasteiger partial charge on any atom is -0.502 e. The van der Waals surface area contributed by atoms with Gasteiger partial charge < -0.3 is 4.74 Å². The Labute approximate surface area is 69.8 Å². The van der Waals surface area contributed by atoms with E-state index in [1.807, 2.05) is 6.92 Å². The number of methoxy groups -OCH3 is 1. The highest BCUT2D eigenvalue weighted by Crippen LogP contribution is 2.02. The van der Waals surface area contributed by atoms with Crippen molar-refractivity contribution in [3.05, 3.63) is 23.5 Å². The van der Waals surface area contributed by atoms with Crippen LogP contribution in [-0.4, -0.2) is 7.11 Å². The average Bonchev–Trinajstić information content (AvgIpc) is 2.04. The summed E-state index contributed by atoms with van der Waals surface area (Å²) in [5.41, 5.74) is 1.44. The highest BCUT2D eigenvalue weighted by atomic mass is 16.5. The van der Waals surface area contributed by atoms with E-state index in [1.54, 1.807) is 7.11 Å². The third-order valence-electron chi connectivity index (χ3n) is 1.75. The van der Waals surface area contributed by atoms with Crippen molar-refractivity contribution in [3.8, 4) is 0 Å². The zero-order valence-corrected chi connectivity index (χ0v) is 7.98. The molecule has 1 nitrogen and oxygen atoms in total. The third kappa shape index (κ3) is 5.71.